The van der Waals surface area contributed by atoms with Crippen molar-refractivity contribution in [2.45, 2.75) is 51.2 Å². The largest absolute Gasteiger partial charge is 0.480 e. The Kier molecular flexibility index (Phi) is 4.29. The van der Waals surface area contributed by atoms with Crippen LogP contribution in [-0.2, 0) is 4.79 Å². The smallest absolute Gasteiger partial charge is 0.326 e. The van der Waals surface area contributed by atoms with E-state index in [2.05, 4.69) is 10.2 Å². The highest BCUT2D eigenvalue weighted by atomic mass is 16.4. The van der Waals surface area contributed by atoms with Gasteiger partial charge in [0.2, 0.25) is 0 Å². The Labute approximate surface area is 113 Å². The summed E-state index contributed by atoms with van der Waals surface area (Å²) in [7, 11) is 0. The van der Waals surface area contributed by atoms with Gasteiger partial charge >= 0.3 is 12.0 Å². The zero-order chi connectivity index (χ0) is 14.0. The lowest BCUT2D eigenvalue weighted by Crippen LogP contribution is -2.60. The van der Waals surface area contributed by atoms with E-state index in [1.165, 1.54) is 6.42 Å². The molecule has 0 aromatic carbocycles. The number of carbonyl (C=O) groups is 2. The van der Waals surface area contributed by atoms with E-state index in [0.29, 0.717) is 19.0 Å². The Morgan fingerprint density at radius 3 is 2.79 bits per heavy atom. The van der Waals surface area contributed by atoms with Crippen LogP contribution in [0.25, 0.3) is 0 Å². The number of aliphatic carboxylic acids is 1. The highest BCUT2D eigenvalue weighted by Gasteiger charge is 2.37. The molecule has 2 aliphatic rings. The molecule has 6 nitrogen and oxygen atoms in total. The van der Waals surface area contributed by atoms with Gasteiger partial charge in [-0.05, 0) is 32.7 Å². The van der Waals surface area contributed by atoms with E-state index in [4.69, 9.17) is 5.11 Å². The number of urea groups is 1. The molecule has 6 heteroatoms. The molecule has 0 spiro atoms. The van der Waals surface area contributed by atoms with Crippen LogP contribution in [0.4, 0.5) is 4.79 Å². The predicted octanol–water partition coefficient (Wildman–Crippen LogP) is 0.728. The van der Waals surface area contributed by atoms with E-state index < -0.39 is 12.0 Å². The molecule has 2 rings (SSSR count). The van der Waals surface area contributed by atoms with Gasteiger partial charge in [-0.3, -0.25) is 4.90 Å². The molecular weight excluding hydrogens is 246 g/mol. The Hall–Kier alpha value is -1.30. The third-order valence-electron chi connectivity index (χ3n) is 4.20. The summed E-state index contributed by atoms with van der Waals surface area (Å²) in [6.45, 7) is 6.51. The van der Waals surface area contributed by atoms with Gasteiger partial charge in [0.1, 0.15) is 6.04 Å². The van der Waals surface area contributed by atoms with Crippen molar-refractivity contribution in [3.63, 3.8) is 0 Å². The van der Waals surface area contributed by atoms with Crippen molar-refractivity contribution in [3.05, 3.63) is 0 Å². The molecule has 2 aliphatic heterocycles. The van der Waals surface area contributed by atoms with Crippen molar-refractivity contribution in [2.24, 2.45) is 0 Å². The Bertz CT molecular complexity index is 361. The van der Waals surface area contributed by atoms with Crippen molar-refractivity contribution in [2.75, 3.05) is 19.6 Å². The van der Waals surface area contributed by atoms with Gasteiger partial charge in [0, 0.05) is 25.2 Å². The van der Waals surface area contributed by atoms with Crippen LogP contribution in [0.5, 0.6) is 0 Å². The van der Waals surface area contributed by atoms with Gasteiger partial charge in [0.05, 0.1) is 0 Å². The number of carboxylic acids is 1. The van der Waals surface area contributed by atoms with Crippen molar-refractivity contribution >= 4 is 12.0 Å². The molecule has 2 heterocycles. The maximum atomic E-state index is 12.2. The minimum absolute atomic E-state index is 0.139. The molecular formula is C13H23N3O3. The first kappa shape index (κ1) is 14.1. The molecule has 2 fully saturated rings. The molecule has 0 bridgehead atoms. The van der Waals surface area contributed by atoms with E-state index in [9.17, 15) is 9.59 Å². The number of hydrogen-bond acceptors (Lipinski definition) is 3. The molecule has 0 aliphatic carbocycles. The van der Waals surface area contributed by atoms with Gasteiger partial charge in [0.25, 0.3) is 0 Å². The van der Waals surface area contributed by atoms with Crippen molar-refractivity contribution in [1.29, 1.82) is 0 Å². The predicted molar refractivity (Wildman–Crippen MR) is 71.0 cm³/mol. The number of fused-ring (bicyclic) bond motifs is 1. The third-order valence-corrected chi connectivity index (χ3v) is 4.20. The van der Waals surface area contributed by atoms with Gasteiger partial charge in [-0.2, -0.15) is 0 Å². The van der Waals surface area contributed by atoms with Gasteiger partial charge < -0.3 is 15.3 Å². The summed E-state index contributed by atoms with van der Waals surface area (Å²) in [6.07, 6.45) is 2.73. The maximum Gasteiger partial charge on any atom is 0.326 e. The average molecular weight is 269 g/mol. The highest BCUT2D eigenvalue weighted by Crippen LogP contribution is 2.24. The number of hydrogen-bond donors (Lipinski definition) is 2. The van der Waals surface area contributed by atoms with Crippen LogP contribution < -0.4 is 5.32 Å². The van der Waals surface area contributed by atoms with Crippen molar-refractivity contribution < 1.29 is 14.7 Å². The topological polar surface area (TPSA) is 72.9 Å². The molecule has 2 unspecified atom stereocenters. The first-order valence-corrected chi connectivity index (χ1v) is 7.07. The second kappa shape index (κ2) is 5.77. The zero-order valence-corrected chi connectivity index (χ0v) is 11.6. The van der Waals surface area contributed by atoms with Crippen LogP contribution in [0.3, 0.4) is 0 Å². The second-order valence-corrected chi connectivity index (χ2v) is 5.54. The highest BCUT2D eigenvalue weighted by molar-refractivity contribution is 5.82. The Morgan fingerprint density at radius 2 is 2.16 bits per heavy atom. The monoisotopic (exact) mass is 269 g/mol. The maximum absolute atomic E-state index is 12.2. The molecule has 0 aromatic heterocycles. The lowest BCUT2D eigenvalue weighted by atomic mass is 10.1. The lowest BCUT2D eigenvalue weighted by molar-refractivity contribution is -0.139. The summed E-state index contributed by atoms with van der Waals surface area (Å²) in [4.78, 5) is 27.4. The summed E-state index contributed by atoms with van der Waals surface area (Å²) in [6, 6.07) is -0.442. The van der Waals surface area contributed by atoms with Crippen molar-refractivity contribution in [1.82, 2.24) is 15.1 Å². The van der Waals surface area contributed by atoms with Crippen LogP contribution in [0, 0.1) is 0 Å². The van der Waals surface area contributed by atoms with E-state index in [1.54, 1.807) is 11.8 Å². The van der Waals surface area contributed by atoms with E-state index in [-0.39, 0.29) is 12.1 Å². The summed E-state index contributed by atoms with van der Waals surface area (Å²) in [5, 5.41) is 11.6. The van der Waals surface area contributed by atoms with Crippen LogP contribution >= 0.6 is 0 Å². The van der Waals surface area contributed by atoms with E-state index >= 15 is 0 Å². The molecule has 2 saturated heterocycles. The number of piperazine rings is 1. The number of nitrogens with one attached hydrogen (secondary N) is 1. The Balaban J connectivity index is 1.96. The average Bonchev–Trinajstić information content (AvgIpc) is 2.81. The second-order valence-electron chi connectivity index (χ2n) is 5.54. The summed E-state index contributed by atoms with van der Waals surface area (Å²) >= 11 is 0. The minimum Gasteiger partial charge on any atom is -0.480 e. The third kappa shape index (κ3) is 3.00. The molecule has 2 amide bonds. The lowest BCUT2D eigenvalue weighted by Gasteiger charge is -2.42. The zero-order valence-electron chi connectivity index (χ0n) is 11.6. The van der Waals surface area contributed by atoms with Gasteiger partial charge in [0.15, 0.2) is 0 Å². The normalized spacial score (nSPS) is 28.8. The van der Waals surface area contributed by atoms with Gasteiger partial charge in [-0.25, -0.2) is 9.59 Å². The first-order valence-electron chi connectivity index (χ1n) is 7.07. The van der Waals surface area contributed by atoms with Crippen LogP contribution in [-0.4, -0.2) is 64.7 Å². The minimum atomic E-state index is -0.969. The molecule has 0 saturated carbocycles. The summed E-state index contributed by atoms with van der Waals surface area (Å²) in [5.41, 5.74) is 0. The van der Waals surface area contributed by atoms with Gasteiger partial charge in [-0.1, -0.05) is 6.92 Å². The Morgan fingerprint density at radius 1 is 1.42 bits per heavy atom. The van der Waals surface area contributed by atoms with Crippen LogP contribution in [0.15, 0.2) is 0 Å². The summed E-state index contributed by atoms with van der Waals surface area (Å²) in [5.74, 6) is -0.969. The standard InChI is InChI=1S/C13H23N3O3/c1-3-11(12(17)18)14-13(19)16-8-10-5-4-6-15(10)7-9(16)2/h9-11H,3-8H2,1-2H3,(H,14,19)(H,17,18)/t9?,10?,11-/m1/s1. The fourth-order valence-electron chi connectivity index (χ4n) is 3.04. The SMILES string of the molecule is CC[C@@H](NC(=O)N1CC2CCCN2CC1C)C(=O)O. The number of rotatable bonds is 3. The number of nitrogens with zero attached hydrogens (tertiary/aromatic N) is 2. The molecule has 108 valence electrons. The van der Waals surface area contributed by atoms with Crippen LogP contribution in [0.1, 0.15) is 33.1 Å². The number of carbonyl (C=O) groups excluding carboxylic acids is 1. The quantitative estimate of drug-likeness (QED) is 0.792. The molecule has 2 N–H and O–H groups in total. The van der Waals surface area contributed by atoms with E-state index in [0.717, 1.165) is 19.5 Å². The molecule has 3 atom stereocenters. The summed E-state index contributed by atoms with van der Waals surface area (Å²) < 4.78 is 0. The number of amides is 2. The van der Waals surface area contributed by atoms with Crippen molar-refractivity contribution in [3.8, 4) is 0 Å². The molecule has 0 radical (unpaired) electrons. The first-order chi connectivity index (χ1) is 9.02. The fraction of sp³-hybridized carbons (Fsp3) is 0.846. The molecule has 0 aromatic rings. The van der Waals surface area contributed by atoms with E-state index in [1.807, 2.05) is 6.92 Å². The van der Waals surface area contributed by atoms with Crippen LogP contribution in [0.2, 0.25) is 0 Å². The molecule has 19 heavy (non-hydrogen) atoms. The van der Waals surface area contributed by atoms with Gasteiger partial charge in [-0.15, -0.1) is 0 Å². The number of carboxylic acid groups (broad SMARTS) is 1. The fourth-order valence-corrected chi connectivity index (χ4v) is 3.04.